The largest absolute Gasteiger partial charge is 0.437 e. The minimum Gasteiger partial charge on any atom is -0.437 e. The van der Waals surface area contributed by atoms with Crippen molar-refractivity contribution in [1.29, 1.82) is 0 Å². The van der Waals surface area contributed by atoms with Gasteiger partial charge in [0.05, 0.1) is 0 Å². The molecule has 2 aliphatic heterocycles. The lowest BCUT2D eigenvalue weighted by atomic mass is 9.79. The Bertz CT molecular complexity index is 384. The van der Waals surface area contributed by atoms with Crippen LogP contribution in [0.25, 0.3) is 0 Å². The fourth-order valence-electron chi connectivity index (χ4n) is 2.70. The van der Waals surface area contributed by atoms with Crippen LogP contribution in [0.4, 0.5) is 0 Å². The molecule has 0 saturated carbocycles. The maximum atomic E-state index is 9.54. The summed E-state index contributed by atoms with van der Waals surface area (Å²) in [6, 6.07) is 10.4. The van der Waals surface area contributed by atoms with Crippen LogP contribution in [-0.4, -0.2) is 36.1 Å². The zero-order chi connectivity index (χ0) is 11.2. The summed E-state index contributed by atoms with van der Waals surface area (Å²) in [6.45, 7) is 3.56. The Labute approximate surface area is 96.2 Å². The van der Waals surface area contributed by atoms with E-state index in [-0.39, 0.29) is 18.8 Å². The molecule has 0 aliphatic carbocycles. The molecule has 2 heterocycles. The normalized spacial score (nSPS) is 33.2. The molecule has 84 valence electrons. The lowest BCUT2D eigenvalue weighted by molar-refractivity contribution is 0.281. The van der Waals surface area contributed by atoms with Crippen LogP contribution < -0.4 is 0 Å². The Morgan fingerprint density at radius 2 is 2.19 bits per heavy atom. The minimum atomic E-state index is -0.363. The van der Waals surface area contributed by atoms with Crippen molar-refractivity contribution < 1.29 is 9.76 Å². The van der Waals surface area contributed by atoms with Crippen molar-refractivity contribution in [2.45, 2.75) is 24.9 Å². The van der Waals surface area contributed by atoms with Crippen LogP contribution >= 0.6 is 0 Å². The first kappa shape index (κ1) is 10.3. The highest BCUT2D eigenvalue weighted by Gasteiger charge is 2.60. The Hall–Kier alpha value is -0.835. The smallest absolute Gasteiger partial charge is 0.376 e. The van der Waals surface area contributed by atoms with Gasteiger partial charge in [0, 0.05) is 6.54 Å². The Morgan fingerprint density at radius 1 is 1.44 bits per heavy atom. The summed E-state index contributed by atoms with van der Waals surface area (Å²) in [5, 5.41) is 9.54. The first-order valence-corrected chi connectivity index (χ1v) is 5.88. The standard InChI is InChI=1S/C12H16BNO2/c1-13(15)14-8-7-12(11(9-14)16-12)10-5-3-2-4-6-10/h2-6,11,15H,7-9H2,1H3. The number of benzene rings is 1. The van der Waals surface area contributed by atoms with E-state index in [9.17, 15) is 5.02 Å². The third-order valence-electron chi connectivity index (χ3n) is 3.78. The molecule has 2 unspecified atom stereocenters. The number of ether oxygens (including phenoxy) is 1. The van der Waals surface area contributed by atoms with Crippen LogP contribution in [0.5, 0.6) is 0 Å². The molecule has 2 fully saturated rings. The molecule has 0 spiro atoms. The minimum absolute atomic E-state index is 0.0490. The van der Waals surface area contributed by atoms with Crippen molar-refractivity contribution in [1.82, 2.24) is 4.81 Å². The number of rotatable bonds is 2. The summed E-state index contributed by atoms with van der Waals surface area (Å²) in [6.07, 6.45) is 1.24. The van der Waals surface area contributed by atoms with Gasteiger partial charge < -0.3 is 14.6 Å². The van der Waals surface area contributed by atoms with Crippen molar-refractivity contribution in [2.24, 2.45) is 0 Å². The molecule has 2 atom stereocenters. The summed E-state index contributed by atoms with van der Waals surface area (Å²) in [5.41, 5.74) is 1.23. The predicted octanol–water partition coefficient (Wildman–Crippen LogP) is 1.10. The van der Waals surface area contributed by atoms with Crippen LogP contribution in [0.15, 0.2) is 30.3 Å². The van der Waals surface area contributed by atoms with Gasteiger partial charge in [0.2, 0.25) is 0 Å². The molecule has 0 bridgehead atoms. The second kappa shape index (κ2) is 3.59. The first-order valence-electron chi connectivity index (χ1n) is 5.88. The molecule has 3 nitrogen and oxygen atoms in total. The van der Waals surface area contributed by atoms with Gasteiger partial charge in [-0.3, -0.25) is 0 Å². The monoisotopic (exact) mass is 217 g/mol. The first-order chi connectivity index (χ1) is 7.72. The summed E-state index contributed by atoms with van der Waals surface area (Å²) in [5.74, 6) is 0. The van der Waals surface area contributed by atoms with Gasteiger partial charge in [-0.1, -0.05) is 30.3 Å². The van der Waals surface area contributed by atoms with Crippen LogP contribution in [0.2, 0.25) is 6.82 Å². The highest BCUT2D eigenvalue weighted by Crippen LogP contribution is 2.51. The summed E-state index contributed by atoms with van der Waals surface area (Å²) in [4.78, 5) is 2.07. The predicted molar refractivity (Wildman–Crippen MR) is 63.0 cm³/mol. The van der Waals surface area contributed by atoms with Gasteiger partial charge >= 0.3 is 7.05 Å². The fourth-order valence-corrected chi connectivity index (χ4v) is 2.70. The molecule has 16 heavy (non-hydrogen) atoms. The van der Waals surface area contributed by atoms with Crippen molar-refractivity contribution >= 4 is 7.05 Å². The Balaban J connectivity index is 1.77. The van der Waals surface area contributed by atoms with Crippen LogP contribution in [0, 0.1) is 0 Å². The van der Waals surface area contributed by atoms with Crippen LogP contribution in [0.1, 0.15) is 12.0 Å². The SMILES string of the molecule is CB(O)N1CCC2(c3ccccc3)OC2C1. The van der Waals surface area contributed by atoms with E-state index in [1.807, 2.05) is 12.9 Å². The lowest BCUT2D eigenvalue weighted by Gasteiger charge is -2.29. The van der Waals surface area contributed by atoms with Gasteiger partial charge in [-0.05, 0) is 25.4 Å². The van der Waals surface area contributed by atoms with E-state index in [0.29, 0.717) is 0 Å². The van der Waals surface area contributed by atoms with Gasteiger partial charge in [-0.25, -0.2) is 0 Å². The maximum absolute atomic E-state index is 9.54. The average Bonchev–Trinajstić information content (AvgIpc) is 3.04. The van der Waals surface area contributed by atoms with Gasteiger partial charge in [0.25, 0.3) is 0 Å². The molecule has 1 N–H and O–H groups in total. The van der Waals surface area contributed by atoms with Crippen molar-refractivity contribution in [3.63, 3.8) is 0 Å². The third kappa shape index (κ3) is 1.49. The summed E-state index contributed by atoms with van der Waals surface area (Å²) >= 11 is 0. The van der Waals surface area contributed by atoms with Gasteiger partial charge in [-0.15, -0.1) is 0 Å². The fraction of sp³-hybridized carbons (Fsp3) is 0.500. The molecule has 2 aliphatic rings. The molecular weight excluding hydrogens is 201 g/mol. The van der Waals surface area contributed by atoms with Crippen molar-refractivity contribution in [2.75, 3.05) is 13.1 Å². The second-order valence-corrected chi connectivity index (χ2v) is 4.74. The Morgan fingerprint density at radius 3 is 2.81 bits per heavy atom. The van der Waals surface area contributed by atoms with E-state index in [1.54, 1.807) is 0 Å². The zero-order valence-corrected chi connectivity index (χ0v) is 9.47. The molecule has 0 aromatic heterocycles. The molecule has 2 saturated heterocycles. The van der Waals surface area contributed by atoms with E-state index < -0.39 is 0 Å². The maximum Gasteiger partial charge on any atom is 0.376 e. The van der Waals surface area contributed by atoms with Crippen LogP contribution in [-0.2, 0) is 10.3 Å². The van der Waals surface area contributed by atoms with Gasteiger partial charge in [0.15, 0.2) is 0 Å². The molecule has 0 amide bonds. The Kier molecular flexibility index (Phi) is 2.31. The van der Waals surface area contributed by atoms with E-state index in [4.69, 9.17) is 4.74 Å². The number of epoxide rings is 1. The number of fused-ring (bicyclic) bond motifs is 1. The second-order valence-electron chi connectivity index (χ2n) is 4.74. The lowest BCUT2D eigenvalue weighted by Crippen LogP contribution is -2.45. The van der Waals surface area contributed by atoms with E-state index >= 15 is 0 Å². The van der Waals surface area contributed by atoms with E-state index in [0.717, 1.165) is 19.5 Å². The number of hydrogen-bond donors (Lipinski definition) is 1. The van der Waals surface area contributed by atoms with Crippen molar-refractivity contribution in [3.8, 4) is 0 Å². The molecule has 1 aromatic rings. The summed E-state index contributed by atoms with van der Waals surface area (Å²) < 4.78 is 5.88. The average molecular weight is 217 g/mol. The molecular formula is C12H16BNO2. The van der Waals surface area contributed by atoms with Crippen LogP contribution in [0.3, 0.4) is 0 Å². The summed E-state index contributed by atoms with van der Waals surface area (Å²) in [7, 11) is -0.363. The van der Waals surface area contributed by atoms with Crippen molar-refractivity contribution in [3.05, 3.63) is 35.9 Å². The van der Waals surface area contributed by atoms with Gasteiger partial charge in [-0.2, -0.15) is 0 Å². The molecule has 3 rings (SSSR count). The quantitative estimate of drug-likeness (QED) is 0.595. The third-order valence-corrected chi connectivity index (χ3v) is 3.78. The highest BCUT2D eigenvalue weighted by molar-refractivity contribution is 6.45. The number of piperidine rings is 1. The number of hydrogen-bond acceptors (Lipinski definition) is 3. The molecule has 0 radical (unpaired) electrons. The van der Waals surface area contributed by atoms with E-state index in [2.05, 4.69) is 29.1 Å². The molecule has 1 aromatic carbocycles. The van der Waals surface area contributed by atoms with E-state index in [1.165, 1.54) is 5.56 Å². The zero-order valence-electron chi connectivity index (χ0n) is 9.47. The highest BCUT2D eigenvalue weighted by atomic mass is 16.6. The number of nitrogens with zero attached hydrogens (tertiary/aromatic N) is 1. The molecule has 4 heteroatoms. The topological polar surface area (TPSA) is 36.0 Å². The van der Waals surface area contributed by atoms with Gasteiger partial charge in [0.1, 0.15) is 11.7 Å².